The zero-order valence-corrected chi connectivity index (χ0v) is 35.2. The third kappa shape index (κ3) is 9.55. The topological polar surface area (TPSA) is 65.1 Å². The van der Waals surface area contributed by atoms with Gasteiger partial charge in [-0.15, -0.1) is 0 Å². The molecule has 0 radical (unpaired) electrons. The number of likely N-dealkylation sites (tertiary alicyclic amines) is 3. The first-order valence-electron chi connectivity index (χ1n) is 19.5. The van der Waals surface area contributed by atoms with Gasteiger partial charge in [0.2, 0.25) is 0 Å². The van der Waals surface area contributed by atoms with Crippen molar-refractivity contribution in [2.45, 2.75) is 136 Å². The molecule has 0 aromatic heterocycles. The number of hydrogen-bond donors (Lipinski definition) is 0. The maximum atomic E-state index is 6.28. The highest BCUT2D eigenvalue weighted by molar-refractivity contribution is 5.45. The second-order valence-electron chi connectivity index (χ2n) is 19.2. The largest absolute Gasteiger partial charge is 0.491 e. The minimum atomic E-state index is 0.0860. The fourth-order valence-corrected chi connectivity index (χ4v) is 9.05. The summed E-state index contributed by atoms with van der Waals surface area (Å²) in [4.78, 5) is 7.45. The minimum Gasteiger partial charge on any atom is -0.491 e. The molecule has 0 saturated carbocycles. The monoisotopic (exact) mass is 718 g/mol. The lowest BCUT2D eigenvalue weighted by Gasteiger charge is -2.38. The smallest absolute Gasteiger partial charge is 0.164 e. The Morgan fingerprint density at radius 3 is 1.14 bits per heavy atom. The van der Waals surface area contributed by atoms with Gasteiger partial charge in [-0.3, -0.25) is 14.7 Å². The highest BCUT2D eigenvalue weighted by Gasteiger charge is 2.51. The quantitative estimate of drug-likeness (QED) is 0.145. The maximum absolute atomic E-state index is 6.28. The third-order valence-corrected chi connectivity index (χ3v) is 13.9. The Morgan fingerprint density at radius 1 is 0.471 bits per heavy atom. The van der Waals surface area contributed by atoms with Gasteiger partial charge in [-0.25, -0.2) is 0 Å². The number of nitrogens with zero attached hydrogens (tertiary/aromatic N) is 3. The lowest BCUT2D eigenvalue weighted by atomic mass is 9.88. The Kier molecular flexibility index (Phi) is 13.2. The zero-order chi connectivity index (χ0) is 38.0. The summed E-state index contributed by atoms with van der Waals surface area (Å²) in [5, 5.41) is 0. The summed E-state index contributed by atoms with van der Waals surface area (Å²) in [6.45, 7) is 32.8. The van der Waals surface area contributed by atoms with E-state index < -0.39 is 0 Å². The fourth-order valence-electron chi connectivity index (χ4n) is 9.05. The zero-order valence-electron chi connectivity index (χ0n) is 35.2. The molecule has 3 heterocycles. The molecule has 3 aliphatic heterocycles. The van der Waals surface area contributed by atoms with Gasteiger partial charge in [0.15, 0.2) is 11.5 Å². The molecule has 0 N–H and O–H groups in total. The molecule has 9 nitrogen and oxygen atoms in total. The number of hydrogen-bond acceptors (Lipinski definition) is 9. The molecule has 3 saturated heterocycles. The Hall–Kier alpha value is -1.62. The van der Waals surface area contributed by atoms with E-state index in [0.29, 0.717) is 75.5 Å². The van der Waals surface area contributed by atoms with Crippen LogP contribution in [0.3, 0.4) is 0 Å². The van der Waals surface area contributed by atoms with Crippen molar-refractivity contribution in [2.75, 3.05) is 80.6 Å². The van der Waals surface area contributed by atoms with E-state index in [4.69, 9.17) is 28.4 Å². The van der Waals surface area contributed by atoms with Crippen LogP contribution in [0.2, 0.25) is 0 Å². The predicted molar refractivity (Wildman–Crippen MR) is 207 cm³/mol. The molecule has 0 aliphatic carbocycles. The molecule has 3 fully saturated rings. The molecule has 3 unspecified atom stereocenters. The van der Waals surface area contributed by atoms with Crippen LogP contribution in [0.5, 0.6) is 17.2 Å². The molecule has 4 rings (SSSR count). The molecular formula is C42H75N3O6. The fraction of sp³-hybridized carbons (Fsp3) is 0.857. The molecule has 1 aromatic rings. The van der Waals surface area contributed by atoms with E-state index in [1.54, 1.807) is 0 Å². The van der Waals surface area contributed by atoms with Crippen LogP contribution >= 0.6 is 0 Å². The molecule has 3 atom stereocenters. The first-order valence-corrected chi connectivity index (χ1v) is 19.5. The van der Waals surface area contributed by atoms with Crippen LogP contribution in [0.15, 0.2) is 18.2 Å². The van der Waals surface area contributed by atoms with Crippen molar-refractivity contribution in [3.05, 3.63) is 18.2 Å². The van der Waals surface area contributed by atoms with Crippen LogP contribution < -0.4 is 14.2 Å². The molecule has 3 aliphatic rings. The normalized spacial score (nSPS) is 27.9. The number of benzene rings is 1. The van der Waals surface area contributed by atoms with Gasteiger partial charge < -0.3 is 28.4 Å². The van der Waals surface area contributed by atoms with Gasteiger partial charge in [0.1, 0.15) is 25.6 Å². The molecule has 294 valence electrons. The van der Waals surface area contributed by atoms with Crippen molar-refractivity contribution in [3.63, 3.8) is 0 Å². The lowest BCUT2D eigenvalue weighted by Crippen LogP contribution is -2.47. The first kappa shape index (κ1) is 42.1. The van der Waals surface area contributed by atoms with E-state index in [1.165, 1.54) is 0 Å². The van der Waals surface area contributed by atoms with Crippen molar-refractivity contribution in [3.8, 4) is 17.2 Å². The van der Waals surface area contributed by atoms with Gasteiger partial charge in [-0.05, 0) is 136 Å². The highest BCUT2D eigenvalue weighted by Crippen LogP contribution is 2.45. The Morgan fingerprint density at radius 2 is 0.804 bits per heavy atom. The molecule has 1 aromatic carbocycles. The number of rotatable bonds is 18. The summed E-state index contributed by atoms with van der Waals surface area (Å²) in [6.07, 6.45) is 3.35. The van der Waals surface area contributed by atoms with Crippen molar-refractivity contribution in [1.29, 1.82) is 0 Å². The summed E-state index contributed by atoms with van der Waals surface area (Å²) in [5.74, 6) is 3.47. The molecule has 9 heteroatoms. The molecule has 0 bridgehead atoms. The Balaban J connectivity index is 1.28. The van der Waals surface area contributed by atoms with E-state index in [9.17, 15) is 0 Å². The van der Waals surface area contributed by atoms with Gasteiger partial charge in [0, 0.05) is 57.1 Å². The minimum absolute atomic E-state index is 0.0860. The van der Waals surface area contributed by atoms with Gasteiger partial charge in [0.05, 0.1) is 39.6 Å². The second kappa shape index (κ2) is 16.0. The molecule has 0 spiro atoms. The van der Waals surface area contributed by atoms with E-state index in [0.717, 1.165) is 38.2 Å². The molecule has 51 heavy (non-hydrogen) atoms. The Labute approximate surface area is 312 Å². The highest BCUT2D eigenvalue weighted by atomic mass is 16.6. The maximum Gasteiger partial charge on any atom is 0.164 e. The number of ether oxygens (including phenoxy) is 6. The van der Waals surface area contributed by atoms with Crippen LogP contribution in [0.1, 0.15) is 102 Å². The van der Waals surface area contributed by atoms with E-state index >= 15 is 0 Å². The Bertz CT molecular complexity index is 1280. The summed E-state index contributed by atoms with van der Waals surface area (Å²) < 4.78 is 37.1. The second-order valence-corrected chi connectivity index (χ2v) is 19.2. The summed E-state index contributed by atoms with van der Waals surface area (Å²) in [7, 11) is 6.67. The van der Waals surface area contributed by atoms with Crippen LogP contribution in [-0.2, 0) is 14.2 Å². The summed E-state index contributed by atoms with van der Waals surface area (Å²) in [5.41, 5.74) is 0.782. The van der Waals surface area contributed by atoms with Crippen molar-refractivity contribution in [2.24, 2.45) is 17.8 Å². The van der Waals surface area contributed by atoms with E-state index in [-0.39, 0.29) is 33.2 Å². The molecular weight excluding hydrogens is 642 g/mol. The van der Waals surface area contributed by atoms with Crippen molar-refractivity contribution < 1.29 is 28.4 Å². The van der Waals surface area contributed by atoms with Gasteiger partial charge in [-0.1, -0.05) is 0 Å². The molecule has 0 amide bonds. The van der Waals surface area contributed by atoms with Crippen LogP contribution in [-0.4, -0.2) is 129 Å². The van der Waals surface area contributed by atoms with E-state index in [2.05, 4.69) is 119 Å². The van der Waals surface area contributed by atoms with Crippen molar-refractivity contribution in [1.82, 2.24) is 14.7 Å². The third-order valence-electron chi connectivity index (χ3n) is 13.9. The van der Waals surface area contributed by atoms with Crippen molar-refractivity contribution >= 4 is 0 Å². The van der Waals surface area contributed by atoms with Crippen LogP contribution in [0.4, 0.5) is 0 Å². The lowest BCUT2D eigenvalue weighted by molar-refractivity contribution is 0.0340. The average Bonchev–Trinajstić information content (AvgIpc) is 3.38. The average molecular weight is 718 g/mol. The van der Waals surface area contributed by atoms with Gasteiger partial charge in [0.25, 0.3) is 0 Å². The predicted octanol–water partition coefficient (Wildman–Crippen LogP) is 7.40. The SMILES string of the molecule is CN1C(C)(C)CC(COCCOc2ccc(OCCOCC3CC(C)(C)N(C)C3(C)C)c(OCCOCC3CC(C)(C)N(C)C3(C)C)c2)C1(C)C. The summed E-state index contributed by atoms with van der Waals surface area (Å²) >= 11 is 0. The summed E-state index contributed by atoms with van der Waals surface area (Å²) in [6, 6.07) is 5.79. The van der Waals surface area contributed by atoms with Crippen LogP contribution in [0.25, 0.3) is 0 Å². The van der Waals surface area contributed by atoms with Crippen LogP contribution in [0, 0.1) is 17.8 Å². The van der Waals surface area contributed by atoms with Gasteiger partial charge >= 0.3 is 0 Å². The van der Waals surface area contributed by atoms with Gasteiger partial charge in [-0.2, -0.15) is 0 Å². The first-order chi connectivity index (χ1) is 23.5. The standard InChI is InChI=1S/C42H75N3O6/c1-37(2)25-31(40(7,8)43(37)13)28-46-18-21-49-34-16-17-35(50-22-19-47-29-32-26-38(3,4)44(14)41(32,9)10)36(24-34)51-23-20-48-30-33-27-39(5,6)45(15)42(33,11)12/h16-17,24,31-33H,18-23,25-30H2,1-15H3. The van der Waals surface area contributed by atoms with E-state index in [1.807, 2.05) is 18.2 Å².